The van der Waals surface area contributed by atoms with Crippen LogP contribution in [0.25, 0.3) is 4.96 Å². The van der Waals surface area contributed by atoms with E-state index in [1.165, 1.54) is 22.8 Å². The summed E-state index contributed by atoms with van der Waals surface area (Å²) in [6, 6.07) is 0. The summed E-state index contributed by atoms with van der Waals surface area (Å²) in [6.07, 6.45) is 1.58. The first kappa shape index (κ1) is 15.2. The Balaban J connectivity index is 2.50. The van der Waals surface area contributed by atoms with Crippen LogP contribution in [0.2, 0.25) is 5.15 Å². The number of amides is 1. The summed E-state index contributed by atoms with van der Waals surface area (Å²) >= 11 is 7.21. The number of nitrogens with zero attached hydrogens (tertiary/aromatic N) is 3. The van der Waals surface area contributed by atoms with Crippen molar-refractivity contribution >= 4 is 43.8 Å². The third-order valence-electron chi connectivity index (χ3n) is 2.71. The highest BCUT2D eigenvalue weighted by Gasteiger charge is 2.31. The maximum Gasteiger partial charge on any atom is 0.262 e. The van der Waals surface area contributed by atoms with Gasteiger partial charge in [0, 0.05) is 25.2 Å². The molecule has 0 radical (unpaired) electrons. The van der Waals surface area contributed by atoms with Gasteiger partial charge in [0.25, 0.3) is 10.0 Å². The standard InChI is InChI=1S/C10H13ClN4O3S2/c1-3-14(6-7(16)12-2)20(17,18)9-8(11)13-10-15(9)4-5-19-10/h4-5H,3,6H2,1-2H3,(H,12,16). The van der Waals surface area contributed by atoms with Crippen molar-refractivity contribution < 1.29 is 13.2 Å². The highest BCUT2D eigenvalue weighted by molar-refractivity contribution is 7.89. The van der Waals surface area contributed by atoms with Gasteiger partial charge in [-0.3, -0.25) is 9.20 Å². The zero-order chi connectivity index (χ0) is 14.9. The molecule has 0 spiro atoms. The Labute approximate surface area is 125 Å². The van der Waals surface area contributed by atoms with Crippen molar-refractivity contribution in [2.45, 2.75) is 11.9 Å². The monoisotopic (exact) mass is 336 g/mol. The highest BCUT2D eigenvalue weighted by Crippen LogP contribution is 2.27. The lowest BCUT2D eigenvalue weighted by Crippen LogP contribution is -2.39. The molecule has 0 saturated heterocycles. The van der Waals surface area contributed by atoms with E-state index in [1.807, 2.05) is 0 Å². The van der Waals surface area contributed by atoms with E-state index in [4.69, 9.17) is 11.6 Å². The highest BCUT2D eigenvalue weighted by atomic mass is 35.5. The molecule has 0 saturated carbocycles. The summed E-state index contributed by atoms with van der Waals surface area (Å²) in [5.74, 6) is -0.391. The number of rotatable bonds is 5. The minimum Gasteiger partial charge on any atom is -0.358 e. The molecule has 0 aliphatic rings. The van der Waals surface area contributed by atoms with Crippen LogP contribution in [0, 0.1) is 0 Å². The van der Waals surface area contributed by atoms with Crippen molar-refractivity contribution in [1.82, 2.24) is 19.0 Å². The van der Waals surface area contributed by atoms with Gasteiger partial charge < -0.3 is 5.32 Å². The molecule has 0 atom stereocenters. The van der Waals surface area contributed by atoms with Crippen LogP contribution in [0.3, 0.4) is 0 Å². The van der Waals surface area contributed by atoms with Gasteiger partial charge in [-0.25, -0.2) is 13.4 Å². The van der Waals surface area contributed by atoms with Gasteiger partial charge in [-0.05, 0) is 0 Å². The van der Waals surface area contributed by atoms with Gasteiger partial charge in [-0.2, -0.15) is 4.31 Å². The number of hydrogen-bond donors (Lipinski definition) is 1. The summed E-state index contributed by atoms with van der Waals surface area (Å²) in [6.45, 7) is 1.55. The lowest BCUT2D eigenvalue weighted by molar-refractivity contribution is -0.120. The lowest BCUT2D eigenvalue weighted by Gasteiger charge is -2.19. The minimum atomic E-state index is -3.89. The van der Waals surface area contributed by atoms with Crippen LogP contribution in [0.4, 0.5) is 0 Å². The topological polar surface area (TPSA) is 83.8 Å². The fourth-order valence-corrected chi connectivity index (χ4v) is 4.51. The molecule has 20 heavy (non-hydrogen) atoms. The number of carbonyl (C=O) groups excluding carboxylic acids is 1. The fraction of sp³-hybridized carbons (Fsp3) is 0.400. The van der Waals surface area contributed by atoms with Gasteiger partial charge in [-0.1, -0.05) is 18.5 Å². The molecular weight excluding hydrogens is 324 g/mol. The first-order valence-electron chi connectivity index (χ1n) is 5.73. The third-order valence-corrected chi connectivity index (χ3v) is 5.79. The molecular formula is C10H13ClN4O3S2. The van der Waals surface area contributed by atoms with Gasteiger partial charge in [0.2, 0.25) is 5.91 Å². The molecule has 0 bridgehead atoms. The first-order valence-corrected chi connectivity index (χ1v) is 8.43. The summed E-state index contributed by atoms with van der Waals surface area (Å²) in [7, 11) is -2.44. The van der Waals surface area contributed by atoms with Crippen LogP contribution in [0.1, 0.15) is 6.92 Å². The summed E-state index contributed by atoms with van der Waals surface area (Å²) < 4.78 is 27.7. The molecule has 7 nitrogen and oxygen atoms in total. The number of likely N-dealkylation sites (N-methyl/N-ethyl adjacent to an activating group) is 2. The molecule has 2 rings (SSSR count). The number of fused-ring (bicyclic) bond motifs is 1. The largest absolute Gasteiger partial charge is 0.358 e. The van der Waals surface area contributed by atoms with E-state index in [-0.39, 0.29) is 23.3 Å². The van der Waals surface area contributed by atoms with Gasteiger partial charge in [0.1, 0.15) is 0 Å². The maximum absolute atomic E-state index is 12.6. The summed E-state index contributed by atoms with van der Waals surface area (Å²) in [5, 5.41) is 3.91. The predicted molar refractivity (Wildman–Crippen MR) is 76.6 cm³/mol. The normalized spacial score (nSPS) is 12.2. The van der Waals surface area contributed by atoms with Gasteiger partial charge in [-0.15, -0.1) is 11.3 Å². The number of sulfonamides is 1. The second-order valence-electron chi connectivity index (χ2n) is 3.87. The SMILES string of the molecule is CCN(CC(=O)NC)S(=O)(=O)c1c(Cl)nc2sccn12. The first-order chi connectivity index (χ1) is 9.41. The summed E-state index contributed by atoms with van der Waals surface area (Å²) in [4.78, 5) is 15.9. The number of aromatic nitrogens is 2. The number of nitrogens with one attached hydrogen (secondary N) is 1. The number of carbonyl (C=O) groups is 1. The predicted octanol–water partition coefficient (Wildman–Crippen LogP) is 0.806. The number of thiazole rings is 1. The number of imidazole rings is 1. The Morgan fingerprint density at radius 3 is 2.90 bits per heavy atom. The van der Waals surface area contributed by atoms with E-state index in [2.05, 4.69) is 10.3 Å². The second kappa shape index (κ2) is 5.68. The van der Waals surface area contributed by atoms with E-state index >= 15 is 0 Å². The zero-order valence-electron chi connectivity index (χ0n) is 10.8. The molecule has 1 N–H and O–H groups in total. The number of hydrogen-bond acceptors (Lipinski definition) is 5. The molecule has 0 fully saturated rings. The van der Waals surface area contributed by atoms with Crippen molar-refractivity contribution in [1.29, 1.82) is 0 Å². The van der Waals surface area contributed by atoms with E-state index in [1.54, 1.807) is 18.5 Å². The quantitative estimate of drug-likeness (QED) is 0.875. The van der Waals surface area contributed by atoms with Crippen LogP contribution >= 0.6 is 22.9 Å². The van der Waals surface area contributed by atoms with Crippen molar-refractivity contribution in [3.8, 4) is 0 Å². The molecule has 0 unspecified atom stereocenters. The Bertz CT molecular complexity index is 737. The molecule has 0 aliphatic heterocycles. The summed E-state index contributed by atoms with van der Waals surface area (Å²) in [5.41, 5.74) is 0. The molecule has 10 heteroatoms. The Morgan fingerprint density at radius 2 is 2.30 bits per heavy atom. The minimum absolute atomic E-state index is 0.0905. The van der Waals surface area contributed by atoms with E-state index < -0.39 is 15.9 Å². The zero-order valence-corrected chi connectivity index (χ0v) is 13.2. The fourth-order valence-electron chi connectivity index (χ4n) is 1.70. The average molecular weight is 337 g/mol. The van der Waals surface area contributed by atoms with Crippen molar-refractivity contribution in [2.24, 2.45) is 0 Å². The molecule has 0 aliphatic carbocycles. The van der Waals surface area contributed by atoms with Crippen molar-refractivity contribution in [3.63, 3.8) is 0 Å². The van der Waals surface area contributed by atoms with Crippen LogP contribution in [-0.2, 0) is 14.8 Å². The molecule has 2 aromatic heterocycles. The smallest absolute Gasteiger partial charge is 0.262 e. The van der Waals surface area contributed by atoms with E-state index in [0.717, 1.165) is 4.31 Å². The van der Waals surface area contributed by atoms with Gasteiger partial charge in [0.05, 0.1) is 6.54 Å². The number of halogens is 1. The lowest BCUT2D eigenvalue weighted by atomic mass is 10.5. The van der Waals surface area contributed by atoms with Crippen LogP contribution in [0.5, 0.6) is 0 Å². The van der Waals surface area contributed by atoms with Crippen LogP contribution in [0.15, 0.2) is 16.6 Å². The Morgan fingerprint density at radius 1 is 1.60 bits per heavy atom. The maximum atomic E-state index is 12.6. The molecule has 1 amide bonds. The molecule has 2 heterocycles. The third kappa shape index (κ3) is 2.53. The van der Waals surface area contributed by atoms with Crippen molar-refractivity contribution in [3.05, 3.63) is 16.7 Å². The second-order valence-corrected chi connectivity index (χ2v) is 6.95. The van der Waals surface area contributed by atoms with Crippen molar-refractivity contribution in [2.75, 3.05) is 20.1 Å². The van der Waals surface area contributed by atoms with E-state index in [0.29, 0.717) is 4.96 Å². The average Bonchev–Trinajstić information content (AvgIpc) is 2.94. The van der Waals surface area contributed by atoms with Gasteiger partial charge in [0.15, 0.2) is 15.1 Å². The van der Waals surface area contributed by atoms with Crippen LogP contribution in [-0.4, -0.2) is 48.2 Å². The Kier molecular flexibility index (Phi) is 4.33. The van der Waals surface area contributed by atoms with Crippen LogP contribution < -0.4 is 5.32 Å². The van der Waals surface area contributed by atoms with Gasteiger partial charge >= 0.3 is 0 Å². The van der Waals surface area contributed by atoms with E-state index in [9.17, 15) is 13.2 Å². The molecule has 0 aromatic carbocycles. The molecule has 2 aromatic rings. The molecule has 110 valence electrons. The Hall–Kier alpha value is -1.16.